The number of nitriles is 1. The second-order valence-electron chi connectivity index (χ2n) is 3.21. The highest BCUT2D eigenvalue weighted by atomic mass is 14.6. The van der Waals surface area contributed by atoms with Crippen molar-refractivity contribution in [1.82, 2.24) is 0 Å². The quantitative estimate of drug-likeness (QED) is 0.734. The fourth-order valence-corrected chi connectivity index (χ4v) is 1.30. The molecular weight excluding hydrogens is 172 g/mol. The van der Waals surface area contributed by atoms with Crippen molar-refractivity contribution in [3.63, 3.8) is 0 Å². The molecule has 0 aliphatic heterocycles. The first-order valence-corrected chi connectivity index (χ1v) is 4.64. The number of allylic oxidation sites excluding steroid dienone is 1. The molecule has 0 radical (unpaired) electrons. The lowest BCUT2D eigenvalue weighted by atomic mass is 10.0. The molecule has 1 aromatic rings. The van der Waals surface area contributed by atoms with E-state index < -0.39 is 0 Å². The molecule has 1 atom stereocenters. The maximum Gasteiger partial charge on any atom is 0.0991 e. The van der Waals surface area contributed by atoms with Crippen LogP contribution in [0, 0.1) is 11.3 Å². The smallest absolute Gasteiger partial charge is 0.0991 e. The lowest BCUT2D eigenvalue weighted by Crippen LogP contribution is -2.09. The molecule has 72 valence electrons. The van der Waals surface area contributed by atoms with Gasteiger partial charge in [0.25, 0.3) is 0 Å². The van der Waals surface area contributed by atoms with E-state index in [2.05, 4.69) is 12.6 Å². The van der Waals surface area contributed by atoms with Crippen molar-refractivity contribution in [3.8, 4) is 6.07 Å². The van der Waals surface area contributed by atoms with Gasteiger partial charge in [0.2, 0.25) is 0 Å². The molecule has 2 heteroatoms. The molecule has 0 unspecified atom stereocenters. The zero-order valence-corrected chi connectivity index (χ0v) is 8.11. The third-order valence-electron chi connectivity index (χ3n) is 2.13. The number of nitrogens with zero attached hydrogens (tertiary/aromatic N) is 1. The molecule has 0 aromatic heterocycles. The van der Waals surface area contributed by atoms with E-state index in [0.717, 1.165) is 18.4 Å². The Morgan fingerprint density at radius 3 is 3.00 bits per heavy atom. The summed E-state index contributed by atoms with van der Waals surface area (Å²) in [7, 11) is 0. The average Bonchev–Trinajstić information content (AvgIpc) is 2.26. The van der Waals surface area contributed by atoms with Gasteiger partial charge in [-0.2, -0.15) is 5.26 Å². The van der Waals surface area contributed by atoms with Crippen LogP contribution in [0.25, 0.3) is 0 Å². The van der Waals surface area contributed by atoms with Crippen LogP contribution in [-0.2, 0) is 0 Å². The van der Waals surface area contributed by atoms with Crippen LogP contribution in [0.4, 0.5) is 0 Å². The molecule has 1 rings (SSSR count). The molecule has 1 aromatic carbocycles. The minimum absolute atomic E-state index is 0.00120. The topological polar surface area (TPSA) is 49.8 Å². The van der Waals surface area contributed by atoms with Crippen LogP contribution < -0.4 is 5.73 Å². The van der Waals surface area contributed by atoms with Crippen LogP contribution in [0.2, 0.25) is 0 Å². The van der Waals surface area contributed by atoms with Crippen LogP contribution in [-0.4, -0.2) is 0 Å². The van der Waals surface area contributed by atoms with Gasteiger partial charge in [0, 0.05) is 6.04 Å². The van der Waals surface area contributed by atoms with Crippen molar-refractivity contribution >= 4 is 0 Å². The van der Waals surface area contributed by atoms with Gasteiger partial charge in [0.15, 0.2) is 0 Å². The maximum atomic E-state index is 8.71. The van der Waals surface area contributed by atoms with Crippen molar-refractivity contribution < 1.29 is 0 Å². The van der Waals surface area contributed by atoms with Gasteiger partial charge in [-0.25, -0.2) is 0 Å². The van der Waals surface area contributed by atoms with Gasteiger partial charge in [-0.05, 0) is 30.5 Å². The van der Waals surface area contributed by atoms with E-state index in [0.29, 0.717) is 5.56 Å². The summed E-state index contributed by atoms with van der Waals surface area (Å²) < 4.78 is 0. The van der Waals surface area contributed by atoms with Gasteiger partial charge < -0.3 is 5.73 Å². The maximum absolute atomic E-state index is 8.71. The van der Waals surface area contributed by atoms with Crippen LogP contribution in [0.5, 0.6) is 0 Å². The van der Waals surface area contributed by atoms with E-state index in [1.54, 1.807) is 6.07 Å². The summed E-state index contributed by atoms with van der Waals surface area (Å²) in [5, 5.41) is 8.71. The molecule has 0 heterocycles. The first kappa shape index (κ1) is 10.5. The first-order valence-electron chi connectivity index (χ1n) is 4.64. The molecule has 2 nitrogen and oxygen atoms in total. The van der Waals surface area contributed by atoms with Gasteiger partial charge in [0.05, 0.1) is 11.6 Å². The summed E-state index contributed by atoms with van der Waals surface area (Å²) in [6.45, 7) is 3.65. The Hall–Kier alpha value is -1.59. The fourth-order valence-electron chi connectivity index (χ4n) is 1.30. The van der Waals surface area contributed by atoms with E-state index in [1.807, 2.05) is 24.3 Å². The molecule has 0 fully saturated rings. The largest absolute Gasteiger partial charge is 0.324 e. The first-order chi connectivity index (χ1) is 6.77. The second kappa shape index (κ2) is 5.21. The number of rotatable bonds is 4. The highest BCUT2D eigenvalue weighted by molar-refractivity contribution is 5.34. The van der Waals surface area contributed by atoms with Gasteiger partial charge in [-0.15, -0.1) is 6.58 Å². The third kappa shape index (κ3) is 2.72. The van der Waals surface area contributed by atoms with Crippen LogP contribution in [0.3, 0.4) is 0 Å². The van der Waals surface area contributed by atoms with Gasteiger partial charge in [-0.3, -0.25) is 0 Å². The Bertz CT molecular complexity index is 350. The Morgan fingerprint density at radius 1 is 1.57 bits per heavy atom. The van der Waals surface area contributed by atoms with Crippen molar-refractivity contribution in [1.29, 1.82) is 5.26 Å². The Labute approximate surface area is 84.7 Å². The van der Waals surface area contributed by atoms with Crippen molar-refractivity contribution in [2.45, 2.75) is 18.9 Å². The monoisotopic (exact) mass is 186 g/mol. The number of hydrogen-bond donors (Lipinski definition) is 1. The standard InChI is InChI=1S/C12H14N2/c1-2-3-7-12(14)11-6-4-5-10(8-11)9-13/h2,4-6,8,12H,1,3,7,14H2/t12-/m0/s1. The van der Waals surface area contributed by atoms with E-state index in [1.165, 1.54) is 0 Å². The van der Waals surface area contributed by atoms with Crippen molar-refractivity contribution in [2.24, 2.45) is 5.73 Å². The zero-order chi connectivity index (χ0) is 10.4. The van der Waals surface area contributed by atoms with Crippen LogP contribution in [0.15, 0.2) is 36.9 Å². The summed E-state index contributed by atoms with van der Waals surface area (Å²) in [5.74, 6) is 0. The summed E-state index contributed by atoms with van der Waals surface area (Å²) in [4.78, 5) is 0. The Balaban J connectivity index is 2.74. The molecule has 2 N–H and O–H groups in total. The molecule has 0 spiro atoms. The summed E-state index contributed by atoms with van der Waals surface area (Å²) in [5.41, 5.74) is 7.63. The molecule has 0 saturated carbocycles. The molecular formula is C12H14N2. The second-order valence-corrected chi connectivity index (χ2v) is 3.21. The van der Waals surface area contributed by atoms with Crippen molar-refractivity contribution in [3.05, 3.63) is 48.0 Å². The minimum atomic E-state index is 0.00120. The van der Waals surface area contributed by atoms with E-state index >= 15 is 0 Å². The van der Waals surface area contributed by atoms with Crippen LogP contribution in [0.1, 0.15) is 30.0 Å². The molecule has 0 aliphatic rings. The number of hydrogen-bond acceptors (Lipinski definition) is 2. The molecule has 0 saturated heterocycles. The summed E-state index contributed by atoms with van der Waals surface area (Å²) in [6, 6.07) is 9.54. The normalized spacial score (nSPS) is 11.7. The Kier molecular flexibility index (Phi) is 3.90. The van der Waals surface area contributed by atoms with E-state index in [9.17, 15) is 0 Å². The summed E-state index contributed by atoms with van der Waals surface area (Å²) in [6.07, 6.45) is 3.63. The zero-order valence-electron chi connectivity index (χ0n) is 8.11. The van der Waals surface area contributed by atoms with E-state index in [4.69, 9.17) is 11.0 Å². The van der Waals surface area contributed by atoms with Gasteiger partial charge >= 0.3 is 0 Å². The SMILES string of the molecule is C=CCC[C@H](N)c1cccc(C#N)c1. The van der Waals surface area contributed by atoms with E-state index in [-0.39, 0.29) is 6.04 Å². The number of nitrogens with two attached hydrogens (primary N) is 1. The lowest BCUT2D eigenvalue weighted by Gasteiger charge is -2.10. The fraction of sp³-hybridized carbons (Fsp3) is 0.250. The molecule has 0 amide bonds. The average molecular weight is 186 g/mol. The molecule has 14 heavy (non-hydrogen) atoms. The number of benzene rings is 1. The highest BCUT2D eigenvalue weighted by Crippen LogP contribution is 2.16. The molecule has 0 bridgehead atoms. The Morgan fingerprint density at radius 2 is 2.36 bits per heavy atom. The summed E-state index contributed by atoms with van der Waals surface area (Å²) >= 11 is 0. The predicted molar refractivity (Wildman–Crippen MR) is 57.5 cm³/mol. The van der Waals surface area contributed by atoms with Crippen molar-refractivity contribution in [2.75, 3.05) is 0 Å². The highest BCUT2D eigenvalue weighted by Gasteiger charge is 2.04. The van der Waals surface area contributed by atoms with Gasteiger partial charge in [-0.1, -0.05) is 18.2 Å². The van der Waals surface area contributed by atoms with Gasteiger partial charge in [0.1, 0.15) is 0 Å². The predicted octanol–water partition coefficient (Wildman–Crippen LogP) is 2.52. The molecule has 0 aliphatic carbocycles. The third-order valence-corrected chi connectivity index (χ3v) is 2.13. The minimum Gasteiger partial charge on any atom is -0.324 e. The lowest BCUT2D eigenvalue weighted by molar-refractivity contribution is 0.661. The van der Waals surface area contributed by atoms with Crippen LogP contribution >= 0.6 is 0 Å².